The summed E-state index contributed by atoms with van der Waals surface area (Å²) in [6.07, 6.45) is 1.59. The number of aryl methyl sites for hydroxylation is 2. The first kappa shape index (κ1) is 15.2. The molecule has 0 saturated carbocycles. The molecule has 2 rings (SSSR count). The largest absolute Gasteiger partial charge is 0.480 e. The third-order valence-corrected chi connectivity index (χ3v) is 3.16. The van der Waals surface area contributed by atoms with Crippen molar-refractivity contribution in [2.75, 3.05) is 20.8 Å². The number of aromatic nitrogens is 4. The summed E-state index contributed by atoms with van der Waals surface area (Å²) in [5.41, 5.74) is 2.67. The lowest BCUT2D eigenvalue weighted by Crippen LogP contribution is -2.26. The number of hydrogen-bond donors (Lipinski definition) is 1. The Labute approximate surface area is 124 Å². The van der Waals surface area contributed by atoms with E-state index in [2.05, 4.69) is 20.4 Å². The van der Waals surface area contributed by atoms with Crippen LogP contribution in [0.5, 0.6) is 11.8 Å². The van der Waals surface area contributed by atoms with Gasteiger partial charge in [0.25, 0.3) is 0 Å². The van der Waals surface area contributed by atoms with Gasteiger partial charge in [0.05, 0.1) is 37.8 Å². The SMILES string of the molecule is CCNC(c1ncc(OC)nc1OC)c1cc(C)nn1C. The van der Waals surface area contributed by atoms with E-state index in [0.29, 0.717) is 17.5 Å². The Bertz CT molecular complexity index is 611. The summed E-state index contributed by atoms with van der Waals surface area (Å²) >= 11 is 0. The molecule has 0 aliphatic carbocycles. The monoisotopic (exact) mass is 291 g/mol. The van der Waals surface area contributed by atoms with Gasteiger partial charge in [0.2, 0.25) is 11.8 Å². The molecule has 0 radical (unpaired) electrons. The minimum atomic E-state index is -0.144. The van der Waals surface area contributed by atoms with Crippen molar-refractivity contribution in [1.29, 1.82) is 0 Å². The van der Waals surface area contributed by atoms with Crippen molar-refractivity contribution in [3.05, 3.63) is 29.3 Å². The van der Waals surface area contributed by atoms with Crippen molar-refractivity contribution >= 4 is 0 Å². The Morgan fingerprint density at radius 1 is 1.33 bits per heavy atom. The molecular formula is C14H21N5O2. The summed E-state index contributed by atoms with van der Waals surface area (Å²) < 4.78 is 12.3. The second-order valence-electron chi connectivity index (χ2n) is 4.63. The van der Waals surface area contributed by atoms with Gasteiger partial charge >= 0.3 is 0 Å². The number of rotatable bonds is 6. The normalized spacial score (nSPS) is 12.2. The van der Waals surface area contributed by atoms with Crippen LogP contribution in [-0.4, -0.2) is 40.5 Å². The van der Waals surface area contributed by atoms with Gasteiger partial charge < -0.3 is 14.8 Å². The van der Waals surface area contributed by atoms with Gasteiger partial charge in [-0.2, -0.15) is 10.1 Å². The molecule has 0 spiro atoms. The maximum absolute atomic E-state index is 5.36. The fraction of sp³-hybridized carbons (Fsp3) is 0.500. The average molecular weight is 291 g/mol. The highest BCUT2D eigenvalue weighted by atomic mass is 16.5. The number of nitrogens with zero attached hydrogens (tertiary/aromatic N) is 4. The molecule has 0 bridgehead atoms. The first-order chi connectivity index (χ1) is 10.1. The van der Waals surface area contributed by atoms with Crippen LogP contribution in [0.3, 0.4) is 0 Å². The molecule has 114 valence electrons. The van der Waals surface area contributed by atoms with E-state index in [-0.39, 0.29) is 6.04 Å². The maximum Gasteiger partial charge on any atom is 0.240 e. The molecule has 7 nitrogen and oxygen atoms in total. The lowest BCUT2D eigenvalue weighted by molar-refractivity contribution is 0.351. The van der Waals surface area contributed by atoms with Crippen molar-refractivity contribution in [2.45, 2.75) is 19.9 Å². The second-order valence-corrected chi connectivity index (χ2v) is 4.63. The standard InChI is InChI=1S/C14H21N5O2/c1-6-15-12(10-7-9(2)18-19(10)3)13-14(21-5)17-11(20-4)8-16-13/h7-8,12,15H,6H2,1-5H3. The highest BCUT2D eigenvalue weighted by Gasteiger charge is 2.24. The van der Waals surface area contributed by atoms with Crippen LogP contribution in [0, 0.1) is 6.92 Å². The van der Waals surface area contributed by atoms with Gasteiger partial charge in [0.15, 0.2) is 0 Å². The van der Waals surface area contributed by atoms with E-state index in [0.717, 1.165) is 17.9 Å². The molecule has 0 saturated heterocycles. The van der Waals surface area contributed by atoms with Crippen LogP contribution in [-0.2, 0) is 7.05 Å². The van der Waals surface area contributed by atoms with Crippen molar-refractivity contribution in [3.63, 3.8) is 0 Å². The Morgan fingerprint density at radius 2 is 2.10 bits per heavy atom. The molecule has 2 aromatic heterocycles. The quantitative estimate of drug-likeness (QED) is 0.863. The summed E-state index contributed by atoms with van der Waals surface area (Å²) in [6.45, 7) is 4.79. The van der Waals surface area contributed by atoms with E-state index < -0.39 is 0 Å². The number of ether oxygens (including phenoxy) is 2. The Balaban J connectivity index is 2.50. The molecule has 7 heteroatoms. The van der Waals surface area contributed by atoms with Crippen LogP contribution in [0.2, 0.25) is 0 Å². The minimum absolute atomic E-state index is 0.144. The minimum Gasteiger partial charge on any atom is -0.480 e. The summed E-state index contributed by atoms with van der Waals surface area (Å²) in [5.74, 6) is 0.867. The fourth-order valence-electron chi connectivity index (χ4n) is 2.26. The summed E-state index contributed by atoms with van der Waals surface area (Å²) in [7, 11) is 5.04. The smallest absolute Gasteiger partial charge is 0.240 e. The zero-order valence-electron chi connectivity index (χ0n) is 13.0. The van der Waals surface area contributed by atoms with Gasteiger partial charge in [-0.3, -0.25) is 4.68 Å². The number of methoxy groups -OCH3 is 2. The van der Waals surface area contributed by atoms with Crippen molar-refractivity contribution < 1.29 is 9.47 Å². The van der Waals surface area contributed by atoms with Gasteiger partial charge in [-0.1, -0.05) is 6.92 Å². The average Bonchev–Trinajstić information content (AvgIpc) is 2.82. The third kappa shape index (κ3) is 3.13. The second kappa shape index (κ2) is 6.53. The van der Waals surface area contributed by atoms with Gasteiger partial charge in [-0.25, -0.2) is 4.98 Å². The summed E-state index contributed by atoms with van der Waals surface area (Å²) in [6, 6.07) is 1.88. The predicted octanol–water partition coefficient (Wildman–Crippen LogP) is 1.23. The zero-order chi connectivity index (χ0) is 15.4. The van der Waals surface area contributed by atoms with Gasteiger partial charge in [-0.15, -0.1) is 0 Å². The topological polar surface area (TPSA) is 74.1 Å². The number of nitrogens with one attached hydrogen (secondary N) is 1. The lowest BCUT2D eigenvalue weighted by atomic mass is 10.1. The van der Waals surface area contributed by atoms with Crippen molar-refractivity contribution in [3.8, 4) is 11.8 Å². The van der Waals surface area contributed by atoms with E-state index in [1.165, 1.54) is 0 Å². The first-order valence-electron chi connectivity index (χ1n) is 6.79. The molecule has 1 N–H and O–H groups in total. The van der Waals surface area contributed by atoms with Crippen LogP contribution in [0.15, 0.2) is 12.3 Å². The zero-order valence-corrected chi connectivity index (χ0v) is 13.0. The van der Waals surface area contributed by atoms with Crippen LogP contribution in [0.4, 0.5) is 0 Å². The molecule has 2 heterocycles. The van der Waals surface area contributed by atoms with Crippen LogP contribution >= 0.6 is 0 Å². The molecule has 0 aliphatic heterocycles. The first-order valence-corrected chi connectivity index (χ1v) is 6.79. The van der Waals surface area contributed by atoms with Crippen LogP contribution in [0.25, 0.3) is 0 Å². The van der Waals surface area contributed by atoms with E-state index in [9.17, 15) is 0 Å². The van der Waals surface area contributed by atoms with Crippen molar-refractivity contribution in [1.82, 2.24) is 25.1 Å². The summed E-state index contributed by atoms with van der Waals surface area (Å²) in [5, 5.41) is 7.79. The molecule has 2 aromatic rings. The van der Waals surface area contributed by atoms with E-state index in [4.69, 9.17) is 9.47 Å². The molecule has 1 atom stereocenters. The van der Waals surface area contributed by atoms with E-state index >= 15 is 0 Å². The maximum atomic E-state index is 5.36. The molecule has 0 fully saturated rings. The third-order valence-electron chi connectivity index (χ3n) is 3.16. The summed E-state index contributed by atoms with van der Waals surface area (Å²) in [4.78, 5) is 8.75. The van der Waals surface area contributed by atoms with Gasteiger partial charge in [-0.05, 0) is 19.5 Å². The number of hydrogen-bond acceptors (Lipinski definition) is 6. The molecule has 0 aliphatic rings. The highest BCUT2D eigenvalue weighted by Crippen LogP contribution is 2.28. The molecule has 21 heavy (non-hydrogen) atoms. The Hall–Kier alpha value is -2.15. The lowest BCUT2D eigenvalue weighted by Gasteiger charge is -2.19. The Morgan fingerprint density at radius 3 is 2.62 bits per heavy atom. The van der Waals surface area contributed by atoms with Gasteiger partial charge in [0, 0.05) is 7.05 Å². The van der Waals surface area contributed by atoms with Crippen LogP contribution < -0.4 is 14.8 Å². The van der Waals surface area contributed by atoms with Crippen molar-refractivity contribution in [2.24, 2.45) is 7.05 Å². The van der Waals surface area contributed by atoms with Crippen LogP contribution in [0.1, 0.15) is 30.0 Å². The molecule has 1 unspecified atom stereocenters. The predicted molar refractivity (Wildman–Crippen MR) is 78.6 cm³/mol. The molecular weight excluding hydrogens is 270 g/mol. The molecule has 0 aromatic carbocycles. The Kier molecular flexibility index (Phi) is 4.74. The highest BCUT2D eigenvalue weighted by molar-refractivity contribution is 5.32. The fourth-order valence-corrected chi connectivity index (χ4v) is 2.26. The van der Waals surface area contributed by atoms with E-state index in [1.54, 1.807) is 20.4 Å². The van der Waals surface area contributed by atoms with E-state index in [1.807, 2.05) is 31.6 Å². The van der Waals surface area contributed by atoms with Gasteiger partial charge in [0.1, 0.15) is 5.69 Å². The molecule has 0 amide bonds.